The highest BCUT2D eigenvalue weighted by Crippen LogP contribution is 2.44. The van der Waals surface area contributed by atoms with Crippen molar-refractivity contribution < 1.29 is 33.8 Å². The van der Waals surface area contributed by atoms with Gasteiger partial charge in [0.05, 0.1) is 6.61 Å². The fourth-order valence-electron chi connectivity index (χ4n) is 6.20. The summed E-state index contributed by atoms with van der Waals surface area (Å²) in [7, 11) is 0. The summed E-state index contributed by atoms with van der Waals surface area (Å²) in [5, 5.41) is 22.8. The molecule has 1 aliphatic carbocycles. The van der Waals surface area contributed by atoms with Crippen molar-refractivity contribution in [2.24, 2.45) is 11.8 Å². The maximum atomic E-state index is 13.3. The Morgan fingerprint density at radius 3 is 1.81 bits per heavy atom. The molecule has 3 atom stereocenters. The summed E-state index contributed by atoms with van der Waals surface area (Å²) >= 11 is 0. The Hall–Kier alpha value is -5.23. The topological polar surface area (TPSA) is 175 Å². The van der Waals surface area contributed by atoms with E-state index in [1.165, 1.54) is 6.92 Å². The number of benzene rings is 3. The third-order valence-electron chi connectivity index (χ3n) is 8.82. The third-order valence-corrected chi connectivity index (χ3v) is 8.82. The van der Waals surface area contributed by atoms with Gasteiger partial charge < -0.3 is 36.4 Å². The maximum Gasteiger partial charge on any atom is 0.407 e. The van der Waals surface area contributed by atoms with Gasteiger partial charge in [-0.15, -0.1) is 0 Å². The molecule has 6 N–H and O–H groups in total. The molecule has 0 heterocycles. The van der Waals surface area contributed by atoms with Crippen LogP contribution in [0.25, 0.3) is 11.1 Å². The van der Waals surface area contributed by atoms with Gasteiger partial charge in [0.15, 0.2) is 0 Å². The van der Waals surface area contributed by atoms with Crippen LogP contribution in [0.2, 0.25) is 0 Å². The zero-order chi connectivity index (χ0) is 37.8. The summed E-state index contributed by atoms with van der Waals surface area (Å²) in [4.78, 5) is 65.0. The first-order valence-electron chi connectivity index (χ1n) is 17.9. The third kappa shape index (κ3) is 11.1. The zero-order valence-electron chi connectivity index (χ0n) is 30.5. The quantitative estimate of drug-likeness (QED) is 0.118. The van der Waals surface area contributed by atoms with Crippen LogP contribution < -0.4 is 26.6 Å². The van der Waals surface area contributed by atoms with Crippen molar-refractivity contribution in [2.45, 2.75) is 84.5 Å². The molecule has 5 amide bonds. The molecule has 12 nitrogen and oxygen atoms in total. The number of amides is 5. The van der Waals surface area contributed by atoms with E-state index in [9.17, 15) is 29.1 Å². The molecule has 0 unspecified atom stereocenters. The van der Waals surface area contributed by atoms with E-state index >= 15 is 0 Å². The van der Waals surface area contributed by atoms with E-state index in [1.54, 1.807) is 24.3 Å². The normalized spacial score (nSPS) is 13.7. The number of alkyl carbamates (subject to hydrolysis) is 1. The maximum absolute atomic E-state index is 13.3. The van der Waals surface area contributed by atoms with E-state index in [4.69, 9.17) is 4.74 Å². The largest absolute Gasteiger partial charge is 0.449 e. The molecular formula is C40H51N5O7. The lowest BCUT2D eigenvalue weighted by Crippen LogP contribution is -2.55. The lowest BCUT2D eigenvalue weighted by molar-refractivity contribution is -0.133. The molecule has 0 aliphatic heterocycles. The average Bonchev–Trinajstić information content (AvgIpc) is 3.43. The molecule has 0 spiro atoms. The standard InChI is InChI=1S/C40H51N5O7/c1-24(2)20-34(38(49)42-26(5)37(48)45-35(21-25(3)4)39(50)43-28-16-14-27(22-46)15-17-28)44-36(47)18-19-41-40(51)52-23-33-31-12-8-6-10-29(31)30-11-7-9-13-32(30)33/h6-17,24-26,33-35,46H,18-23H2,1-5H3,(H,41,51)(H,42,49)(H,43,50)(H,44,47)(H,45,48)/t26-,34-,35-/m0/s1. The summed E-state index contributed by atoms with van der Waals surface area (Å²) in [5.41, 5.74) is 5.66. The van der Waals surface area contributed by atoms with Crippen molar-refractivity contribution in [2.75, 3.05) is 18.5 Å². The second kappa shape index (κ2) is 18.8. The van der Waals surface area contributed by atoms with E-state index in [0.29, 0.717) is 24.1 Å². The first-order valence-corrected chi connectivity index (χ1v) is 17.9. The molecule has 52 heavy (non-hydrogen) atoms. The number of ether oxygens (including phenoxy) is 1. The molecule has 0 aromatic heterocycles. The molecule has 3 aromatic carbocycles. The Kier molecular flexibility index (Phi) is 14.3. The Balaban J connectivity index is 1.24. The molecule has 0 radical (unpaired) electrons. The van der Waals surface area contributed by atoms with Gasteiger partial charge in [0.25, 0.3) is 0 Å². The van der Waals surface area contributed by atoms with Gasteiger partial charge in [-0.05, 0) is 71.6 Å². The molecule has 3 aromatic rings. The van der Waals surface area contributed by atoms with Crippen molar-refractivity contribution in [1.29, 1.82) is 0 Å². The monoisotopic (exact) mass is 713 g/mol. The number of hydrogen-bond donors (Lipinski definition) is 6. The summed E-state index contributed by atoms with van der Waals surface area (Å²) in [6, 6.07) is 20.0. The van der Waals surface area contributed by atoms with Gasteiger partial charge in [-0.1, -0.05) is 88.4 Å². The van der Waals surface area contributed by atoms with Gasteiger partial charge in [0, 0.05) is 24.6 Å². The number of rotatable bonds is 17. The predicted octanol–water partition coefficient (Wildman–Crippen LogP) is 4.61. The fourth-order valence-corrected chi connectivity index (χ4v) is 6.20. The zero-order valence-corrected chi connectivity index (χ0v) is 30.5. The second-order valence-corrected chi connectivity index (χ2v) is 14.0. The first-order chi connectivity index (χ1) is 24.9. The van der Waals surface area contributed by atoms with E-state index in [1.807, 2.05) is 64.1 Å². The summed E-state index contributed by atoms with van der Waals surface area (Å²) < 4.78 is 5.54. The number of aliphatic hydroxyl groups is 1. The van der Waals surface area contributed by atoms with Gasteiger partial charge in [-0.2, -0.15) is 0 Å². The van der Waals surface area contributed by atoms with Gasteiger partial charge in [-0.25, -0.2) is 4.79 Å². The molecule has 1 aliphatic rings. The minimum atomic E-state index is -0.999. The molecular weight excluding hydrogens is 662 g/mol. The molecule has 0 fully saturated rings. The van der Waals surface area contributed by atoms with Gasteiger partial charge >= 0.3 is 6.09 Å². The van der Waals surface area contributed by atoms with Crippen LogP contribution in [0.4, 0.5) is 10.5 Å². The van der Waals surface area contributed by atoms with Crippen LogP contribution >= 0.6 is 0 Å². The minimum absolute atomic E-state index is 0.00220. The summed E-state index contributed by atoms with van der Waals surface area (Å²) in [6.07, 6.45) is -0.0472. The summed E-state index contributed by atoms with van der Waals surface area (Å²) in [6.45, 7) is 9.23. The number of fused-ring (bicyclic) bond motifs is 3. The van der Waals surface area contributed by atoms with Crippen LogP contribution in [-0.2, 0) is 30.5 Å². The van der Waals surface area contributed by atoms with Crippen molar-refractivity contribution >= 4 is 35.4 Å². The number of nitrogens with one attached hydrogen (secondary N) is 5. The van der Waals surface area contributed by atoms with E-state index < -0.39 is 47.8 Å². The lowest BCUT2D eigenvalue weighted by atomic mass is 9.98. The number of hydrogen-bond acceptors (Lipinski definition) is 7. The van der Waals surface area contributed by atoms with Gasteiger partial charge in [-0.3, -0.25) is 19.2 Å². The van der Waals surface area contributed by atoms with Crippen molar-refractivity contribution in [1.82, 2.24) is 21.3 Å². The molecule has 0 saturated heterocycles. The van der Waals surface area contributed by atoms with Crippen LogP contribution in [0.1, 0.15) is 76.5 Å². The SMILES string of the molecule is CC(C)C[C@H](NC(=O)CCNC(=O)OCC1c2ccccc2-c2ccccc21)C(=O)N[C@@H](C)C(=O)N[C@@H](CC(C)C)C(=O)Nc1ccc(CO)cc1. The molecule has 4 rings (SSSR count). The van der Waals surface area contributed by atoms with E-state index in [2.05, 4.69) is 38.7 Å². The van der Waals surface area contributed by atoms with Gasteiger partial charge in [0.1, 0.15) is 24.7 Å². The highest BCUT2D eigenvalue weighted by molar-refractivity contribution is 5.98. The van der Waals surface area contributed by atoms with Crippen molar-refractivity contribution in [3.8, 4) is 11.1 Å². The van der Waals surface area contributed by atoms with Gasteiger partial charge in [0.2, 0.25) is 23.6 Å². The van der Waals surface area contributed by atoms with Crippen molar-refractivity contribution in [3.05, 3.63) is 89.5 Å². The Morgan fingerprint density at radius 1 is 0.692 bits per heavy atom. The smallest absolute Gasteiger partial charge is 0.407 e. The number of carbonyl (C=O) groups excluding carboxylic acids is 5. The van der Waals surface area contributed by atoms with Crippen LogP contribution in [0, 0.1) is 11.8 Å². The number of carbonyl (C=O) groups is 5. The van der Waals surface area contributed by atoms with E-state index in [-0.39, 0.29) is 43.9 Å². The second-order valence-electron chi connectivity index (χ2n) is 14.0. The Labute approximate surface area is 305 Å². The lowest BCUT2D eigenvalue weighted by Gasteiger charge is -2.25. The number of anilines is 1. The number of aliphatic hydroxyl groups excluding tert-OH is 1. The van der Waals surface area contributed by atoms with Crippen LogP contribution in [-0.4, -0.2) is 66.1 Å². The molecule has 0 saturated carbocycles. The molecule has 12 heteroatoms. The highest BCUT2D eigenvalue weighted by atomic mass is 16.5. The van der Waals surface area contributed by atoms with Crippen LogP contribution in [0.5, 0.6) is 0 Å². The molecule has 278 valence electrons. The highest BCUT2D eigenvalue weighted by Gasteiger charge is 2.30. The van der Waals surface area contributed by atoms with E-state index in [0.717, 1.165) is 22.3 Å². The van der Waals surface area contributed by atoms with Crippen LogP contribution in [0.15, 0.2) is 72.8 Å². The minimum Gasteiger partial charge on any atom is -0.449 e. The fraction of sp³-hybridized carbons (Fsp3) is 0.425. The predicted molar refractivity (Wildman–Crippen MR) is 199 cm³/mol. The average molecular weight is 714 g/mol. The van der Waals surface area contributed by atoms with Crippen LogP contribution in [0.3, 0.4) is 0 Å². The Morgan fingerprint density at radius 2 is 1.25 bits per heavy atom. The summed E-state index contributed by atoms with van der Waals surface area (Å²) in [5.74, 6) is -1.90. The van der Waals surface area contributed by atoms with Crippen molar-refractivity contribution in [3.63, 3.8) is 0 Å². The first kappa shape index (κ1) is 39.6. The molecule has 0 bridgehead atoms. The Bertz CT molecular complexity index is 1660.